The van der Waals surface area contributed by atoms with Crippen molar-refractivity contribution in [2.75, 3.05) is 20.1 Å². The van der Waals surface area contributed by atoms with E-state index in [9.17, 15) is 17.2 Å². The molecule has 1 atom stereocenters. The first-order valence-electron chi connectivity index (χ1n) is 12.3. The van der Waals surface area contributed by atoms with Gasteiger partial charge in [0.2, 0.25) is 10.0 Å². The number of nitrogens with one attached hydrogen (secondary N) is 2. The highest BCUT2D eigenvalue weighted by molar-refractivity contribution is 7.89. The quantitative estimate of drug-likeness (QED) is 0.282. The molecule has 2 aromatic heterocycles. The van der Waals surface area contributed by atoms with Gasteiger partial charge in [0.15, 0.2) is 0 Å². The van der Waals surface area contributed by atoms with Gasteiger partial charge in [0.1, 0.15) is 16.5 Å². The number of benzene rings is 2. The number of aromatic amines is 1. The standard InChI is InChI=1S/C29H28F2N4O2S.ClH/c1-32-38(36,37)29-7-2-20(16-27(29)31)10-14-35-15-11-23(17-28(35)22-3-5-24(30)6-4-22)26-19-34-18-25(26)21-8-12-33-13-9-21;/h2-9,11-13,16,18-19,28,32,34H,10,14-15,17H2,1H3;1H. The third-order valence-corrected chi connectivity index (χ3v) is 8.45. The summed E-state index contributed by atoms with van der Waals surface area (Å²) in [5, 5.41) is 0. The van der Waals surface area contributed by atoms with Crippen LogP contribution in [0.1, 0.15) is 29.2 Å². The number of rotatable bonds is 8. The molecule has 0 bridgehead atoms. The maximum absolute atomic E-state index is 14.6. The number of hydrogen-bond donors (Lipinski definition) is 2. The van der Waals surface area contributed by atoms with E-state index in [1.165, 1.54) is 36.9 Å². The first-order valence-corrected chi connectivity index (χ1v) is 13.8. The Labute approximate surface area is 233 Å². The fourth-order valence-electron chi connectivity index (χ4n) is 4.96. The minimum absolute atomic E-state index is 0. The zero-order chi connectivity index (χ0) is 26.7. The van der Waals surface area contributed by atoms with Crippen molar-refractivity contribution in [3.63, 3.8) is 0 Å². The molecule has 0 spiro atoms. The van der Waals surface area contributed by atoms with Crippen LogP contribution in [0.2, 0.25) is 0 Å². The van der Waals surface area contributed by atoms with Crippen LogP contribution in [-0.2, 0) is 16.4 Å². The van der Waals surface area contributed by atoms with Crippen LogP contribution in [0, 0.1) is 11.6 Å². The maximum Gasteiger partial charge on any atom is 0.243 e. The Bertz CT molecular complexity index is 1560. The lowest BCUT2D eigenvalue weighted by atomic mass is 9.88. The minimum Gasteiger partial charge on any atom is -0.366 e. The van der Waals surface area contributed by atoms with Crippen molar-refractivity contribution in [3.05, 3.63) is 114 Å². The summed E-state index contributed by atoms with van der Waals surface area (Å²) < 4.78 is 54.5. The first-order chi connectivity index (χ1) is 18.4. The fraction of sp³-hybridized carbons (Fsp3) is 0.207. The Kier molecular flexibility index (Phi) is 8.97. The summed E-state index contributed by atoms with van der Waals surface area (Å²) in [4.78, 5) is 9.27. The molecule has 5 rings (SSSR count). The van der Waals surface area contributed by atoms with E-state index < -0.39 is 15.8 Å². The highest BCUT2D eigenvalue weighted by atomic mass is 35.5. The monoisotopic (exact) mass is 570 g/mol. The van der Waals surface area contributed by atoms with Crippen LogP contribution < -0.4 is 4.72 Å². The van der Waals surface area contributed by atoms with Crippen molar-refractivity contribution in [3.8, 4) is 11.1 Å². The summed E-state index contributed by atoms with van der Waals surface area (Å²) in [7, 11) is -2.61. The van der Waals surface area contributed by atoms with Gasteiger partial charge in [0.25, 0.3) is 0 Å². The molecule has 0 saturated carbocycles. The summed E-state index contributed by atoms with van der Waals surface area (Å²) in [5.74, 6) is -1.06. The Morgan fingerprint density at radius 1 is 1.03 bits per heavy atom. The van der Waals surface area contributed by atoms with Gasteiger partial charge in [-0.3, -0.25) is 9.88 Å². The van der Waals surface area contributed by atoms with Crippen molar-refractivity contribution in [2.24, 2.45) is 0 Å². The molecule has 1 unspecified atom stereocenters. The lowest BCUT2D eigenvalue weighted by Gasteiger charge is -2.36. The van der Waals surface area contributed by atoms with Crippen molar-refractivity contribution < 1.29 is 17.2 Å². The van der Waals surface area contributed by atoms with E-state index >= 15 is 0 Å². The zero-order valence-corrected chi connectivity index (χ0v) is 22.9. The van der Waals surface area contributed by atoms with E-state index in [-0.39, 0.29) is 29.2 Å². The van der Waals surface area contributed by atoms with Gasteiger partial charge in [-0.1, -0.05) is 24.3 Å². The smallest absolute Gasteiger partial charge is 0.243 e. The molecule has 0 fully saturated rings. The number of hydrogen-bond acceptors (Lipinski definition) is 4. The second-order valence-electron chi connectivity index (χ2n) is 9.24. The van der Waals surface area contributed by atoms with E-state index in [0.717, 1.165) is 28.7 Å². The van der Waals surface area contributed by atoms with Gasteiger partial charge >= 0.3 is 0 Å². The molecular formula is C29H29ClF2N4O2S. The van der Waals surface area contributed by atoms with Gasteiger partial charge in [0.05, 0.1) is 0 Å². The molecule has 2 N–H and O–H groups in total. The maximum atomic E-state index is 14.6. The second kappa shape index (κ2) is 12.2. The lowest BCUT2D eigenvalue weighted by Crippen LogP contribution is -2.34. The molecule has 1 aliphatic heterocycles. The number of aromatic nitrogens is 2. The van der Waals surface area contributed by atoms with Crippen LogP contribution in [0.4, 0.5) is 8.78 Å². The fourth-order valence-corrected chi connectivity index (χ4v) is 5.74. The average Bonchev–Trinajstić information content (AvgIpc) is 3.43. The molecule has 6 nitrogen and oxygen atoms in total. The molecule has 3 heterocycles. The molecule has 0 radical (unpaired) electrons. The van der Waals surface area contributed by atoms with Crippen molar-refractivity contribution in [2.45, 2.75) is 23.8 Å². The number of halogens is 3. The molecule has 0 aliphatic carbocycles. The van der Waals surface area contributed by atoms with Crippen LogP contribution in [0.25, 0.3) is 16.7 Å². The molecule has 204 valence electrons. The predicted molar refractivity (Wildman–Crippen MR) is 151 cm³/mol. The summed E-state index contributed by atoms with van der Waals surface area (Å²) in [6.07, 6.45) is 11.0. The van der Waals surface area contributed by atoms with Gasteiger partial charge in [-0.15, -0.1) is 12.4 Å². The van der Waals surface area contributed by atoms with Gasteiger partial charge in [-0.05, 0) is 78.6 Å². The Hall–Kier alpha value is -3.37. The summed E-state index contributed by atoms with van der Waals surface area (Å²) in [6.45, 7) is 1.28. The van der Waals surface area contributed by atoms with Crippen LogP contribution >= 0.6 is 12.4 Å². The van der Waals surface area contributed by atoms with Crippen molar-refractivity contribution in [1.82, 2.24) is 19.6 Å². The SMILES string of the molecule is CNS(=O)(=O)c1ccc(CCN2CC=C(c3c[nH]cc3-c3ccncc3)CC2c2ccc(F)cc2)cc1F.Cl. The van der Waals surface area contributed by atoms with Crippen LogP contribution in [-0.4, -0.2) is 43.4 Å². The van der Waals surface area contributed by atoms with E-state index in [1.807, 2.05) is 36.7 Å². The molecule has 1 aliphatic rings. The highest BCUT2D eigenvalue weighted by Gasteiger charge is 2.27. The minimum atomic E-state index is -3.86. The second-order valence-corrected chi connectivity index (χ2v) is 11.1. The lowest BCUT2D eigenvalue weighted by molar-refractivity contribution is 0.216. The number of sulfonamides is 1. The molecule has 2 aromatic carbocycles. The number of pyridine rings is 1. The predicted octanol–water partition coefficient (Wildman–Crippen LogP) is 5.76. The van der Waals surface area contributed by atoms with E-state index in [2.05, 4.69) is 25.7 Å². The average molecular weight is 571 g/mol. The summed E-state index contributed by atoms with van der Waals surface area (Å²) >= 11 is 0. The number of nitrogens with zero attached hydrogens (tertiary/aromatic N) is 2. The van der Waals surface area contributed by atoms with E-state index in [1.54, 1.807) is 18.5 Å². The van der Waals surface area contributed by atoms with Gasteiger partial charge in [0, 0.05) is 55.0 Å². The van der Waals surface area contributed by atoms with Crippen LogP contribution in [0.3, 0.4) is 0 Å². The van der Waals surface area contributed by atoms with Crippen LogP contribution in [0.5, 0.6) is 0 Å². The summed E-state index contributed by atoms with van der Waals surface area (Å²) in [5.41, 5.74) is 6.18. The summed E-state index contributed by atoms with van der Waals surface area (Å²) in [6, 6.07) is 14.7. The molecule has 0 amide bonds. The number of H-pyrrole nitrogens is 1. The molecule has 0 saturated heterocycles. The van der Waals surface area contributed by atoms with Crippen molar-refractivity contribution in [1.29, 1.82) is 0 Å². The Morgan fingerprint density at radius 2 is 1.74 bits per heavy atom. The van der Waals surface area contributed by atoms with Gasteiger partial charge in [-0.2, -0.15) is 0 Å². The van der Waals surface area contributed by atoms with Crippen molar-refractivity contribution >= 4 is 28.0 Å². The normalized spacial score (nSPS) is 16.0. The Balaban J connectivity index is 0.00000353. The largest absolute Gasteiger partial charge is 0.366 e. The van der Waals surface area contributed by atoms with E-state index in [4.69, 9.17) is 0 Å². The topological polar surface area (TPSA) is 78.1 Å². The zero-order valence-electron chi connectivity index (χ0n) is 21.3. The highest BCUT2D eigenvalue weighted by Crippen LogP contribution is 2.39. The van der Waals surface area contributed by atoms with Crippen LogP contribution in [0.15, 0.2) is 90.4 Å². The molecule has 4 aromatic rings. The third-order valence-electron chi connectivity index (χ3n) is 7.01. The Morgan fingerprint density at radius 3 is 2.44 bits per heavy atom. The van der Waals surface area contributed by atoms with Gasteiger partial charge in [-0.25, -0.2) is 21.9 Å². The van der Waals surface area contributed by atoms with Gasteiger partial charge < -0.3 is 4.98 Å². The molecule has 10 heteroatoms. The third kappa shape index (κ3) is 6.28. The molecule has 39 heavy (non-hydrogen) atoms. The van der Waals surface area contributed by atoms with E-state index in [0.29, 0.717) is 25.1 Å². The first kappa shape index (κ1) is 28.6. The molecular weight excluding hydrogens is 542 g/mol.